The van der Waals surface area contributed by atoms with Crippen molar-refractivity contribution in [3.63, 3.8) is 0 Å². The molecule has 122 valence electrons. The van der Waals surface area contributed by atoms with Crippen molar-refractivity contribution in [2.24, 2.45) is 0 Å². The van der Waals surface area contributed by atoms with Gasteiger partial charge in [-0.3, -0.25) is 5.32 Å². The first-order valence-electron chi connectivity index (χ1n) is 8.22. The zero-order valence-electron chi connectivity index (χ0n) is 13.7. The molecule has 3 rings (SSSR count). The van der Waals surface area contributed by atoms with Crippen LogP contribution in [0.15, 0.2) is 23.6 Å². The van der Waals surface area contributed by atoms with Gasteiger partial charge in [0.2, 0.25) is 0 Å². The summed E-state index contributed by atoms with van der Waals surface area (Å²) in [5, 5.41) is 8.56. The lowest BCUT2D eigenvalue weighted by Gasteiger charge is -2.22. The van der Waals surface area contributed by atoms with Crippen molar-refractivity contribution in [1.29, 1.82) is 0 Å². The fourth-order valence-corrected chi connectivity index (χ4v) is 3.83. The van der Waals surface area contributed by atoms with E-state index in [0.717, 1.165) is 24.1 Å². The summed E-state index contributed by atoms with van der Waals surface area (Å²) < 4.78 is 0. The lowest BCUT2D eigenvalue weighted by atomic mass is 9.96. The summed E-state index contributed by atoms with van der Waals surface area (Å²) >= 11 is 1.46. The minimum absolute atomic E-state index is 0.140. The number of amides is 2. The fourth-order valence-electron chi connectivity index (χ4n) is 3.12. The van der Waals surface area contributed by atoms with Gasteiger partial charge in [-0.25, -0.2) is 9.78 Å². The molecule has 2 N–H and O–H groups in total. The molecule has 2 amide bonds. The molecule has 1 aliphatic carbocycles. The summed E-state index contributed by atoms with van der Waals surface area (Å²) in [5.74, 6) is 0. The van der Waals surface area contributed by atoms with Crippen molar-refractivity contribution in [3.05, 3.63) is 34.7 Å². The average molecular weight is 329 g/mol. The zero-order valence-corrected chi connectivity index (χ0v) is 14.5. The molecule has 2 aromatic rings. The van der Waals surface area contributed by atoms with Gasteiger partial charge in [0.05, 0.1) is 5.69 Å². The number of aryl methyl sites for hydroxylation is 2. The fraction of sp³-hybridized carbons (Fsp3) is 0.444. The van der Waals surface area contributed by atoms with E-state index in [-0.39, 0.29) is 6.03 Å². The quantitative estimate of drug-likeness (QED) is 0.843. The van der Waals surface area contributed by atoms with Gasteiger partial charge < -0.3 is 5.32 Å². The van der Waals surface area contributed by atoms with E-state index in [1.165, 1.54) is 41.7 Å². The van der Waals surface area contributed by atoms with Crippen molar-refractivity contribution in [2.75, 3.05) is 5.32 Å². The van der Waals surface area contributed by atoms with Crippen molar-refractivity contribution in [2.45, 2.75) is 52.0 Å². The number of urea groups is 1. The van der Waals surface area contributed by atoms with Crippen LogP contribution < -0.4 is 10.6 Å². The van der Waals surface area contributed by atoms with Crippen LogP contribution in [0.4, 0.5) is 9.93 Å². The third kappa shape index (κ3) is 4.10. The van der Waals surface area contributed by atoms with Gasteiger partial charge in [-0.2, -0.15) is 0 Å². The smallest absolute Gasteiger partial charge is 0.321 e. The molecule has 5 heteroatoms. The molecule has 23 heavy (non-hydrogen) atoms. The number of carbonyl (C=O) groups is 1. The van der Waals surface area contributed by atoms with Gasteiger partial charge in [0.1, 0.15) is 0 Å². The number of thiazole rings is 1. The van der Waals surface area contributed by atoms with Crippen LogP contribution in [0.1, 0.15) is 43.2 Å². The predicted octanol–water partition coefficient (Wildman–Crippen LogP) is 4.88. The summed E-state index contributed by atoms with van der Waals surface area (Å²) in [7, 11) is 0. The van der Waals surface area contributed by atoms with Crippen molar-refractivity contribution >= 4 is 22.5 Å². The molecule has 1 aliphatic rings. The zero-order chi connectivity index (χ0) is 16.2. The maximum Gasteiger partial charge on any atom is 0.321 e. The molecule has 1 aromatic heterocycles. The van der Waals surface area contributed by atoms with E-state index < -0.39 is 0 Å². The first-order chi connectivity index (χ1) is 11.1. The van der Waals surface area contributed by atoms with Gasteiger partial charge >= 0.3 is 6.03 Å². The molecular formula is C18H23N3OS. The van der Waals surface area contributed by atoms with E-state index >= 15 is 0 Å². The van der Waals surface area contributed by atoms with Crippen LogP contribution in [0, 0.1) is 13.8 Å². The van der Waals surface area contributed by atoms with Crippen LogP contribution in [0.3, 0.4) is 0 Å². The molecule has 0 atom stereocenters. The highest BCUT2D eigenvalue weighted by atomic mass is 32.1. The molecule has 0 unspecified atom stereocenters. The number of nitrogens with zero attached hydrogens (tertiary/aromatic N) is 1. The SMILES string of the molecule is Cc1ccc(-c2csc(NC(=O)NC3CCCCC3)n2)c(C)c1. The molecule has 1 saturated carbocycles. The highest BCUT2D eigenvalue weighted by molar-refractivity contribution is 7.14. The molecule has 0 saturated heterocycles. The number of anilines is 1. The maximum atomic E-state index is 12.1. The predicted molar refractivity (Wildman–Crippen MR) is 96.1 cm³/mol. The highest BCUT2D eigenvalue weighted by Gasteiger charge is 2.16. The largest absolute Gasteiger partial charge is 0.335 e. The van der Waals surface area contributed by atoms with E-state index in [4.69, 9.17) is 0 Å². The average Bonchev–Trinajstić information content (AvgIpc) is 2.96. The monoisotopic (exact) mass is 329 g/mol. The molecule has 0 bridgehead atoms. The number of hydrogen-bond acceptors (Lipinski definition) is 3. The second kappa shape index (κ2) is 7.13. The minimum Gasteiger partial charge on any atom is -0.335 e. The Kier molecular flexibility index (Phi) is 4.96. The van der Waals surface area contributed by atoms with E-state index in [1.54, 1.807) is 0 Å². The minimum atomic E-state index is -0.140. The lowest BCUT2D eigenvalue weighted by Crippen LogP contribution is -2.38. The second-order valence-corrected chi connectivity index (χ2v) is 7.15. The molecular weight excluding hydrogens is 306 g/mol. The molecule has 1 fully saturated rings. The van der Waals surface area contributed by atoms with Gasteiger partial charge in [0.25, 0.3) is 0 Å². The first-order valence-corrected chi connectivity index (χ1v) is 9.10. The van der Waals surface area contributed by atoms with E-state index in [9.17, 15) is 4.79 Å². The van der Waals surface area contributed by atoms with Gasteiger partial charge in [0, 0.05) is 17.0 Å². The number of aromatic nitrogens is 1. The molecule has 0 aliphatic heterocycles. The molecule has 1 aromatic carbocycles. The van der Waals surface area contributed by atoms with Gasteiger partial charge in [-0.1, -0.05) is 43.0 Å². The number of rotatable bonds is 3. The van der Waals surface area contributed by atoms with E-state index in [2.05, 4.69) is 47.7 Å². The number of carbonyl (C=O) groups excluding carboxylic acids is 1. The Labute approximate surface area is 141 Å². The lowest BCUT2D eigenvalue weighted by molar-refractivity contribution is 0.244. The normalized spacial score (nSPS) is 15.4. The van der Waals surface area contributed by atoms with Gasteiger partial charge in [0.15, 0.2) is 5.13 Å². The summed E-state index contributed by atoms with van der Waals surface area (Å²) in [6.07, 6.45) is 5.86. The third-order valence-corrected chi connectivity index (χ3v) is 5.08. The van der Waals surface area contributed by atoms with Crippen molar-refractivity contribution < 1.29 is 4.79 Å². The first kappa shape index (κ1) is 16.0. The number of nitrogens with one attached hydrogen (secondary N) is 2. The Bertz CT molecular complexity index is 689. The van der Waals surface area contributed by atoms with Crippen molar-refractivity contribution in [1.82, 2.24) is 10.3 Å². The van der Waals surface area contributed by atoms with E-state index in [0.29, 0.717) is 11.2 Å². The van der Waals surface area contributed by atoms with Gasteiger partial charge in [-0.15, -0.1) is 11.3 Å². The second-order valence-electron chi connectivity index (χ2n) is 6.29. The number of benzene rings is 1. The van der Waals surface area contributed by atoms with Crippen LogP contribution in [0.2, 0.25) is 0 Å². The van der Waals surface area contributed by atoms with Gasteiger partial charge in [-0.05, 0) is 32.3 Å². The summed E-state index contributed by atoms with van der Waals surface area (Å²) in [4.78, 5) is 16.6. The van der Waals surface area contributed by atoms with Crippen LogP contribution in [-0.2, 0) is 0 Å². The summed E-state index contributed by atoms with van der Waals surface area (Å²) in [6, 6.07) is 6.49. The van der Waals surface area contributed by atoms with Crippen LogP contribution in [0.5, 0.6) is 0 Å². The summed E-state index contributed by atoms with van der Waals surface area (Å²) in [6.45, 7) is 4.17. The van der Waals surface area contributed by atoms with Crippen molar-refractivity contribution in [3.8, 4) is 11.3 Å². The standard InChI is InChI=1S/C18H23N3OS/c1-12-8-9-15(13(2)10-12)16-11-23-18(20-16)21-17(22)19-14-6-4-3-5-7-14/h8-11,14H,3-7H2,1-2H3,(H2,19,20,21,22). The molecule has 1 heterocycles. The Morgan fingerprint density at radius 1 is 1.22 bits per heavy atom. The Hall–Kier alpha value is -1.88. The topological polar surface area (TPSA) is 54.0 Å². The highest BCUT2D eigenvalue weighted by Crippen LogP contribution is 2.28. The van der Waals surface area contributed by atoms with Crippen LogP contribution in [0.25, 0.3) is 11.3 Å². The Morgan fingerprint density at radius 2 is 2.00 bits per heavy atom. The van der Waals surface area contributed by atoms with Crippen LogP contribution in [-0.4, -0.2) is 17.1 Å². The molecule has 0 spiro atoms. The summed E-state index contributed by atoms with van der Waals surface area (Å²) in [5.41, 5.74) is 4.48. The van der Waals surface area contributed by atoms with E-state index in [1.807, 2.05) is 5.38 Å². The molecule has 0 radical (unpaired) electrons. The third-order valence-electron chi connectivity index (χ3n) is 4.32. The van der Waals surface area contributed by atoms with Crippen LogP contribution >= 0.6 is 11.3 Å². The number of hydrogen-bond donors (Lipinski definition) is 2. The Morgan fingerprint density at radius 3 is 2.74 bits per heavy atom. The maximum absolute atomic E-state index is 12.1. The Balaban J connectivity index is 1.63. The molecule has 4 nitrogen and oxygen atoms in total.